The Hall–Kier alpha value is -3.21. The van der Waals surface area contributed by atoms with Gasteiger partial charge in [-0.05, 0) is 18.6 Å². The Morgan fingerprint density at radius 3 is 2.50 bits per heavy atom. The molecule has 2 atom stereocenters. The molecule has 0 radical (unpaired) electrons. The fourth-order valence-corrected chi connectivity index (χ4v) is 4.00. The number of nitrogens with zero attached hydrogens (tertiary/aromatic N) is 4. The second kappa shape index (κ2) is 5.89. The van der Waals surface area contributed by atoms with Crippen molar-refractivity contribution in [2.45, 2.75) is 24.8 Å². The number of carbonyl (C=O) groups excluding carboxylic acids is 1. The molecule has 2 bridgehead atoms. The minimum absolute atomic E-state index is 0.0279. The maximum absolute atomic E-state index is 13.2. The number of alkyl halides is 2. The first kappa shape index (κ1) is 16.9. The first-order valence-corrected chi connectivity index (χ1v) is 8.63. The smallest absolute Gasteiger partial charge is 0.395 e. The van der Waals surface area contributed by atoms with E-state index in [0.717, 1.165) is 12.1 Å². The maximum Gasteiger partial charge on any atom is 0.586 e. The van der Waals surface area contributed by atoms with Crippen molar-refractivity contribution in [3.8, 4) is 11.5 Å². The first-order chi connectivity index (χ1) is 13.4. The van der Waals surface area contributed by atoms with E-state index >= 15 is 0 Å². The van der Waals surface area contributed by atoms with Crippen LogP contribution in [0.1, 0.15) is 16.8 Å². The van der Waals surface area contributed by atoms with E-state index < -0.39 is 12.2 Å². The van der Waals surface area contributed by atoms with E-state index in [0.29, 0.717) is 19.0 Å². The number of ether oxygens (including phenoxy) is 2. The summed E-state index contributed by atoms with van der Waals surface area (Å²) in [5.74, 6) is -0.107. The van der Waals surface area contributed by atoms with Crippen LogP contribution in [-0.4, -0.2) is 52.6 Å². The molecule has 0 saturated carbocycles. The number of hydrogen-bond donors (Lipinski definition) is 2. The molecule has 28 heavy (non-hydrogen) atoms. The van der Waals surface area contributed by atoms with Crippen molar-refractivity contribution >= 4 is 17.5 Å². The van der Waals surface area contributed by atoms with E-state index in [2.05, 4.69) is 29.2 Å². The molecule has 4 heterocycles. The molecule has 1 amide bonds. The molecular weight excluding hydrogens is 376 g/mol. The van der Waals surface area contributed by atoms with Gasteiger partial charge in [0.25, 0.3) is 5.91 Å². The second-order valence-electron chi connectivity index (χ2n) is 6.86. The summed E-state index contributed by atoms with van der Waals surface area (Å²) in [7, 11) is 0. The Kier molecular flexibility index (Phi) is 3.56. The van der Waals surface area contributed by atoms with Crippen LogP contribution in [0.25, 0.3) is 0 Å². The molecule has 3 aliphatic heterocycles. The number of anilines is 2. The van der Waals surface area contributed by atoms with Crippen LogP contribution in [0.4, 0.5) is 20.4 Å². The molecule has 146 valence electrons. The minimum atomic E-state index is -3.63. The monoisotopic (exact) mass is 391 g/mol. The lowest BCUT2D eigenvalue weighted by atomic mass is 10.2. The van der Waals surface area contributed by atoms with Crippen LogP contribution in [0.3, 0.4) is 0 Å². The third kappa shape index (κ3) is 2.66. The van der Waals surface area contributed by atoms with Crippen LogP contribution < -0.4 is 24.8 Å². The Bertz CT molecular complexity index is 942. The molecule has 2 aromatic rings. The lowest BCUT2D eigenvalue weighted by Crippen LogP contribution is -2.47. The molecule has 1 aromatic heterocycles. The highest BCUT2D eigenvalue weighted by molar-refractivity contribution is 5.92. The topological polar surface area (TPSA) is 100 Å². The van der Waals surface area contributed by atoms with Gasteiger partial charge in [0.2, 0.25) is 5.95 Å². The zero-order valence-electron chi connectivity index (χ0n) is 14.4. The third-order valence-corrected chi connectivity index (χ3v) is 5.22. The van der Waals surface area contributed by atoms with Gasteiger partial charge in [-0.1, -0.05) is 0 Å². The molecule has 1 aromatic carbocycles. The normalized spacial score (nSPS) is 24.0. The van der Waals surface area contributed by atoms with Gasteiger partial charge >= 0.3 is 6.29 Å². The van der Waals surface area contributed by atoms with Crippen LogP contribution in [0.2, 0.25) is 0 Å². The van der Waals surface area contributed by atoms with Crippen molar-refractivity contribution in [1.29, 1.82) is 0 Å². The number of fused-ring (bicyclic) bond motifs is 3. The average molecular weight is 391 g/mol. The first-order valence-electron chi connectivity index (χ1n) is 8.63. The largest absolute Gasteiger partial charge is 0.586 e. The standard InChI is InChI=1S/C17H15F2N5O4/c18-17(19)27-13-2-1-10(4-14(13)28-17)23-7-12-3-11(23)8-24(12)16-20-5-9(6-21-16)15(25)22-26/h1-2,4-6,11-12,26H,3,7-8H2,(H,22,25)/t11-,12-/m1/s1. The number of rotatable bonds is 3. The van der Waals surface area contributed by atoms with Gasteiger partial charge in [-0.2, -0.15) is 0 Å². The van der Waals surface area contributed by atoms with Gasteiger partial charge in [-0.3, -0.25) is 10.0 Å². The summed E-state index contributed by atoms with van der Waals surface area (Å²) in [6.45, 7) is 1.35. The van der Waals surface area contributed by atoms with Crippen molar-refractivity contribution in [3.63, 3.8) is 0 Å². The third-order valence-electron chi connectivity index (χ3n) is 5.22. The number of amides is 1. The molecule has 11 heteroatoms. The van der Waals surface area contributed by atoms with Gasteiger partial charge in [0.15, 0.2) is 11.5 Å². The highest BCUT2D eigenvalue weighted by atomic mass is 19.3. The summed E-state index contributed by atoms with van der Waals surface area (Å²) in [4.78, 5) is 24.0. The molecule has 0 unspecified atom stereocenters. The predicted molar refractivity (Wildman–Crippen MR) is 90.8 cm³/mol. The quantitative estimate of drug-likeness (QED) is 0.598. The average Bonchev–Trinajstić information content (AvgIpc) is 3.37. The molecule has 2 fully saturated rings. The second-order valence-corrected chi connectivity index (χ2v) is 6.86. The van der Waals surface area contributed by atoms with Crippen molar-refractivity contribution in [3.05, 3.63) is 36.2 Å². The Morgan fingerprint density at radius 1 is 1.14 bits per heavy atom. The molecule has 3 aliphatic rings. The van der Waals surface area contributed by atoms with Crippen LogP contribution in [-0.2, 0) is 0 Å². The van der Waals surface area contributed by atoms with Crippen LogP contribution in [0.5, 0.6) is 11.5 Å². The van der Waals surface area contributed by atoms with E-state index in [4.69, 9.17) is 5.21 Å². The summed E-state index contributed by atoms with van der Waals surface area (Å²) in [5.41, 5.74) is 2.49. The van der Waals surface area contributed by atoms with E-state index in [1.807, 2.05) is 0 Å². The fraction of sp³-hybridized carbons (Fsp3) is 0.353. The maximum atomic E-state index is 13.2. The van der Waals surface area contributed by atoms with Gasteiger partial charge in [0, 0.05) is 43.3 Å². The highest BCUT2D eigenvalue weighted by Gasteiger charge is 2.46. The van der Waals surface area contributed by atoms with E-state index in [1.165, 1.54) is 23.9 Å². The van der Waals surface area contributed by atoms with Crippen molar-refractivity contribution in [1.82, 2.24) is 15.4 Å². The van der Waals surface area contributed by atoms with Gasteiger partial charge in [-0.15, -0.1) is 8.78 Å². The molecule has 0 aliphatic carbocycles. The molecule has 2 saturated heterocycles. The number of benzene rings is 1. The number of carbonyl (C=O) groups is 1. The lowest BCUT2D eigenvalue weighted by molar-refractivity contribution is -0.286. The van der Waals surface area contributed by atoms with Gasteiger partial charge < -0.3 is 19.3 Å². The van der Waals surface area contributed by atoms with Gasteiger partial charge in [0.05, 0.1) is 11.6 Å². The Labute approximate surface area is 157 Å². The summed E-state index contributed by atoms with van der Waals surface area (Å²) in [6.07, 6.45) is -0.0314. The number of nitrogens with one attached hydrogen (secondary N) is 1. The lowest BCUT2D eigenvalue weighted by Gasteiger charge is -2.35. The number of halogens is 2. The van der Waals surface area contributed by atoms with Gasteiger partial charge in [-0.25, -0.2) is 15.4 Å². The summed E-state index contributed by atoms with van der Waals surface area (Å²) >= 11 is 0. The molecular formula is C17H15F2N5O4. The molecule has 2 N–H and O–H groups in total. The van der Waals surface area contributed by atoms with Crippen molar-refractivity contribution in [2.75, 3.05) is 22.9 Å². The molecule has 9 nitrogen and oxygen atoms in total. The van der Waals surface area contributed by atoms with E-state index in [9.17, 15) is 13.6 Å². The summed E-state index contributed by atoms with van der Waals surface area (Å²) in [6, 6.07) is 5.14. The SMILES string of the molecule is O=C(NO)c1cnc(N2C[C@H]3C[C@@H]2CN3c2ccc3c(c2)OC(F)(F)O3)nc1. The number of piperazine rings is 1. The minimum Gasteiger partial charge on any atom is -0.395 e. The Morgan fingerprint density at radius 2 is 1.82 bits per heavy atom. The number of aromatic nitrogens is 2. The predicted octanol–water partition coefficient (Wildman–Crippen LogP) is 1.38. The number of hydrogen-bond acceptors (Lipinski definition) is 8. The summed E-state index contributed by atoms with van der Waals surface area (Å²) in [5, 5.41) is 8.65. The number of hydroxylamine groups is 1. The van der Waals surface area contributed by atoms with Crippen molar-refractivity contribution in [2.24, 2.45) is 0 Å². The zero-order chi connectivity index (χ0) is 19.5. The van der Waals surface area contributed by atoms with E-state index in [1.54, 1.807) is 12.1 Å². The van der Waals surface area contributed by atoms with Crippen LogP contribution in [0.15, 0.2) is 30.6 Å². The van der Waals surface area contributed by atoms with Gasteiger partial charge in [0.1, 0.15) is 0 Å². The van der Waals surface area contributed by atoms with Crippen LogP contribution in [0, 0.1) is 0 Å². The highest BCUT2D eigenvalue weighted by Crippen LogP contribution is 2.44. The molecule has 0 spiro atoms. The van der Waals surface area contributed by atoms with Crippen LogP contribution >= 0.6 is 0 Å². The molecule has 5 rings (SSSR count). The van der Waals surface area contributed by atoms with E-state index in [-0.39, 0.29) is 29.1 Å². The van der Waals surface area contributed by atoms with Crippen molar-refractivity contribution < 1.29 is 28.3 Å². The fourth-order valence-electron chi connectivity index (χ4n) is 4.00. The Balaban J connectivity index is 1.31. The zero-order valence-corrected chi connectivity index (χ0v) is 14.4. The summed E-state index contributed by atoms with van der Waals surface area (Å²) < 4.78 is 35.4.